The van der Waals surface area contributed by atoms with Crippen LogP contribution in [0.3, 0.4) is 0 Å². The third-order valence-electron chi connectivity index (χ3n) is 9.11. The number of hydrogen-bond acceptors (Lipinski definition) is 4. The highest BCUT2D eigenvalue weighted by Crippen LogP contribution is 2.48. The lowest BCUT2D eigenvalue weighted by molar-refractivity contribution is -0.127. The molecule has 47 heavy (non-hydrogen) atoms. The zero-order chi connectivity index (χ0) is 35.6. The van der Waals surface area contributed by atoms with Crippen LogP contribution in [-0.4, -0.2) is 54.4 Å². The summed E-state index contributed by atoms with van der Waals surface area (Å²) in [5.74, 6) is 0.661. The maximum Gasteiger partial charge on any atom is 0.251 e. The number of rotatable bonds is 12. The van der Waals surface area contributed by atoms with Gasteiger partial charge in [0.05, 0.1) is 18.1 Å². The summed E-state index contributed by atoms with van der Waals surface area (Å²) in [5.41, 5.74) is 13.3. The molecular formula is C37H56Cl2N5O2P. The fraction of sp³-hybridized carbons (Fsp3) is 0.541. The summed E-state index contributed by atoms with van der Waals surface area (Å²) in [6.45, 7) is 13.5. The van der Waals surface area contributed by atoms with Gasteiger partial charge in [0, 0.05) is 22.7 Å². The highest BCUT2D eigenvalue weighted by Gasteiger charge is 2.44. The number of amidine groups is 1. The molecule has 260 valence electrons. The van der Waals surface area contributed by atoms with Crippen LogP contribution in [0.25, 0.3) is 5.57 Å². The SMILES string of the molecule is CN.CN=C(N)CNC(=O)c1ccc(C(CCC(C)(C)C)N(C=O)C2(/C=C(\C)c3cc(Cl)cc(Cl)c3)CCC(C(C)(C)P)CC2)cc1. The Morgan fingerprint density at radius 3 is 2.09 bits per heavy atom. The van der Waals surface area contributed by atoms with E-state index in [4.69, 9.17) is 28.9 Å². The Balaban J connectivity index is 0.00000376. The monoisotopic (exact) mass is 703 g/mol. The van der Waals surface area contributed by atoms with Crippen LogP contribution < -0.4 is 16.8 Å². The first-order valence-corrected chi connectivity index (χ1v) is 17.7. The molecule has 1 fully saturated rings. The van der Waals surface area contributed by atoms with Crippen LogP contribution in [0.5, 0.6) is 0 Å². The number of aliphatic imine (C=N–C) groups is 1. The first kappa shape index (κ1) is 40.7. The number of carbonyl (C=O) groups is 2. The average Bonchev–Trinajstić information content (AvgIpc) is 3.01. The summed E-state index contributed by atoms with van der Waals surface area (Å²) in [6.07, 6.45) is 8.70. The maximum absolute atomic E-state index is 13.4. The fourth-order valence-corrected chi connectivity index (χ4v) is 7.20. The third kappa shape index (κ3) is 11.9. The molecule has 1 aliphatic carbocycles. The molecule has 0 spiro atoms. The van der Waals surface area contributed by atoms with E-state index in [0.717, 1.165) is 61.6 Å². The van der Waals surface area contributed by atoms with Gasteiger partial charge >= 0.3 is 0 Å². The lowest BCUT2D eigenvalue weighted by Gasteiger charge is -2.50. The number of benzene rings is 2. The number of amides is 2. The van der Waals surface area contributed by atoms with Gasteiger partial charge in [-0.05, 0) is 116 Å². The van der Waals surface area contributed by atoms with Crippen molar-refractivity contribution in [2.75, 3.05) is 20.6 Å². The van der Waals surface area contributed by atoms with Crippen molar-refractivity contribution in [3.8, 4) is 0 Å². The molecule has 2 amide bonds. The van der Waals surface area contributed by atoms with Crippen molar-refractivity contribution in [3.63, 3.8) is 0 Å². The van der Waals surface area contributed by atoms with E-state index in [-0.39, 0.29) is 29.1 Å². The van der Waals surface area contributed by atoms with Crippen molar-refractivity contribution in [1.29, 1.82) is 0 Å². The Kier molecular flexibility index (Phi) is 15.4. The van der Waals surface area contributed by atoms with Gasteiger partial charge in [-0.2, -0.15) is 0 Å². The van der Waals surface area contributed by atoms with Crippen molar-refractivity contribution in [2.24, 2.45) is 27.8 Å². The van der Waals surface area contributed by atoms with Crippen LogP contribution >= 0.6 is 32.4 Å². The highest BCUT2D eigenvalue weighted by atomic mass is 35.5. The zero-order valence-corrected chi connectivity index (χ0v) is 32.2. The Bertz CT molecular complexity index is 1370. The Hall–Kier alpha value is -2.44. The van der Waals surface area contributed by atoms with E-state index in [1.54, 1.807) is 13.1 Å². The number of hydrogen-bond donors (Lipinski definition) is 3. The maximum atomic E-state index is 13.4. The summed E-state index contributed by atoms with van der Waals surface area (Å²) in [7, 11) is 6.12. The van der Waals surface area contributed by atoms with Crippen molar-refractivity contribution in [1.82, 2.24) is 10.2 Å². The topological polar surface area (TPSA) is 114 Å². The van der Waals surface area contributed by atoms with Crippen LogP contribution in [0.1, 0.15) is 108 Å². The van der Waals surface area contributed by atoms with Gasteiger partial charge in [-0.1, -0.05) is 76.0 Å². The average molecular weight is 705 g/mol. The Morgan fingerprint density at radius 1 is 1.06 bits per heavy atom. The molecule has 5 N–H and O–H groups in total. The summed E-state index contributed by atoms with van der Waals surface area (Å²) >= 11 is 12.8. The normalized spacial score (nSPS) is 19.7. The summed E-state index contributed by atoms with van der Waals surface area (Å²) in [4.78, 5) is 32.1. The summed E-state index contributed by atoms with van der Waals surface area (Å²) in [5, 5.41) is 4.07. The molecule has 0 aliphatic heterocycles. The molecule has 2 aromatic rings. The smallest absolute Gasteiger partial charge is 0.251 e. The third-order valence-corrected chi connectivity index (χ3v) is 10.0. The van der Waals surface area contributed by atoms with E-state index in [1.165, 1.54) is 7.05 Å². The molecule has 3 rings (SSSR count). The molecule has 0 saturated heterocycles. The number of halogens is 2. The van der Waals surface area contributed by atoms with Crippen molar-refractivity contribution in [3.05, 3.63) is 75.3 Å². The van der Waals surface area contributed by atoms with E-state index in [0.29, 0.717) is 27.4 Å². The van der Waals surface area contributed by atoms with Gasteiger partial charge in [0.2, 0.25) is 6.41 Å². The Labute approximate surface area is 295 Å². The molecule has 1 aliphatic rings. The van der Waals surface area contributed by atoms with Crippen molar-refractivity contribution < 1.29 is 9.59 Å². The number of carbonyl (C=O) groups excluding carboxylic acids is 2. The lowest BCUT2D eigenvalue weighted by atomic mass is 9.70. The molecule has 10 heteroatoms. The van der Waals surface area contributed by atoms with Gasteiger partial charge < -0.3 is 21.7 Å². The van der Waals surface area contributed by atoms with Crippen LogP contribution in [0.15, 0.2) is 53.5 Å². The quantitative estimate of drug-likeness (QED) is 0.0893. The van der Waals surface area contributed by atoms with Gasteiger partial charge in [0.15, 0.2) is 0 Å². The standard InChI is InChI=1S/C36H51Cl2N4O2P.CH5N/c1-24(27-18-29(37)20-30(38)19-27)21-36(16-12-28(13-17-36)35(5,6)45)42(23-43)31(14-15-34(2,3)4)25-8-10-26(11-9-25)33(44)41-22-32(39)40-7;1-2/h8-11,18-21,23,28,31H,12-17,22,45H2,1-7H3,(H2,39,40)(H,41,44);2H2,1H3/b24-21+;. The van der Waals surface area contributed by atoms with Crippen LogP contribution in [0.4, 0.5) is 0 Å². The summed E-state index contributed by atoms with van der Waals surface area (Å²) in [6, 6.07) is 13.0. The van der Waals surface area contributed by atoms with Crippen LogP contribution in [0, 0.1) is 11.3 Å². The fourth-order valence-electron chi connectivity index (χ4n) is 6.34. The number of nitrogens with two attached hydrogens (primary N) is 2. The van der Waals surface area contributed by atoms with Gasteiger partial charge in [0.1, 0.15) is 5.84 Å². The predicted molar refractivity (Wildman–Crippen MR) is 204 cm³/mol. The van der Waals surface area contributed by atoms with E-state index >= 15 is 0 Å². The van der Waals surface area contributed by atoms with Gasteiger partial charge in [-0.25, -0.2) is 0 Å². The molecule has 1 saturated carbocycles. The zero-order valence-electron chi connectivity index (χ0n) is 29.5. The second kappa shape index (κ2) is 17.8. The lowest BCUT2D eigenvalue weighted by Crippen LogP contribution is -2.52. The predicted octanol–water partition coefficient (Wildman–Crippen LogP) is 8.30. The van der Waals surface area contributed by atoms with E-state index < -0.39 is 5.54 Å². The molecule has 2 aromatic carbocycles. The molecule has 2 unspecified atom stereocenters. The van der Waals surface area contributed by atoms with Crippen molar-refractivity contribution in [2.45, 2.75) is 96.8 Å². The number of allylic oxidation sites excluding steroid dienone is 1. The highest BCUT2D eigenvalue weighted by molar-refractivity contribution is 7.18. The number of nitrogens with zero attached hydrogens (tertiary/aromatic N) is 2. The molecule has 0 heterocycles. The molecule has 2 atom stereocenters. The second-order valence-electron chi connectivity index (χ2n) is 14.3. The van der Waals surface area contributed by atoms with Crippen LogP contribution in [0.2, 0.25) is 10.0 Å². The van der Waals surface area contributed by atoms with E-state index in [9.17, 15) is 9.59 Å². The summed E-state index contributed by atoms with van der Waals surface area (Å²) < 4.78 is 0. The van der Waals surface area contributed by atoms with E-state index in [1.807, 2.05) is 36.4 Å². The first-order valence-electron chi connectivity index (χ1n) is 16.3. The number of nitrogens with one attached hydrogen (secondary N) is 1. The van der Waals surface area contributed by atoms with Crippen LogP contribution in [-0.2, 0) is 4.79 Å². The minimum Gasteiger partial charge on any atom is -0.386 e. The molecule has 7 nitrogen and oxygen atoms in total. The largest absolute Gasteiger partial charge is 0.386 e. The van der Waals surface area contributed by atoms with Gasteiger partial charge in [-0.15, -0.1) is 9.24 Å². The van der Waals surface area contributed by atoms with E-state index in [2.05, 4.69) is 77.8 Å². The molecule has 0 aromatic heterocycles. The first-order chi connectivity index (χ1) is 22.0. The Morgan fingerprint density at radius 2 is 1.62 bits per heavy atom. The molecule has 0 radical (unpaired) electrons. The minimum atomic E-state index is -0.511. The molecular weight excluding hydrogens is 648 g/mol. The minimum absolute atomic E-state index is 0.0744. The van der Waals surface area contributed by atoms with Crippen molar-refractivity contribution >= 4 is 56.2 Å². The van der Waals surface area contributed by atoms with Gasteiger partial charge in [0.25, 0.3) is 5.91 Å². The second-order valence-corrected chi connectivity index (χ2v) is 16.7. The molecule has 0 bridgehead atoms. The van der Waals surface area contributed by atoms with Gasteiger partial charge in [-0.3, -0.25) is 14.6 Å².